The first kappa shape index (κ1) is 11.6. The first-order valence-electron chi connectivity index (χ1n) is 6.42. The van der Waals surface area contributed by atoms with Crippen LogP contribution in [0.1, 0.15) is 18.9 Å². The number of hydrogen-bond donors (Lipinski definition) is 1. The molecule has 1 N–H and O–H groups in total. The maximum atomic E-state index is 5.46. The van der Waals surface area contributed by atoms with Crippen LogP contribution in [0.3, 0.4) is 0 Å². The molecule has 3 heteroatoms. The molecule has 0 saturated carbocycles. The summed E-state index contributed by atoms with van der Waals surface area (Å²) in [7, 11) is 0. The Morgan fingerprint density at radius 2 is 2.22 bits per heavy atom. The van der Waals surface area contributed by atoms with Gasteiger partial charge in [-0.05, 0) is 31.0 Å². The van der Waals surface area contributed by atoms with Crippen molar-refractivity contribution in [2.24, 2.45) is 0 Å². The van der Waals surface area contributed by atoms with Gasteiger partial charge in [-0.3, -0.25) is 4.98 Å². The molecule has 1 saturated heterocycles. The van der Waals surface area contributed by atoms with Crippen molar-refractivity contribution in [3.05, 3.63) is 42.1 Å². The number of nitrogens with one attached hydrogen (secondary N) is 1. The van der Waals surface area contributed by atoms with Crippen molar-refractivity contribution >= 4 is 10.9 Å². The monoisotopic (exact) mass is 242 g/mol. The summed E-state index contributed by atoms with van der Waals surface area (Å²) in [6.07, 6.45) is 2.96. The van der Waals surface area contributed by atoms with E-state index in [1.807, 2.05) is 12.3 Å². The molecule has 3 nitrogen and oxygen atoms in total. The van der Waals surface area contributed by atoms with Crippen LogP contribution in [0, 0.1) is 0 Å². The molecule has 1 fully saturated rings. The maximum absolute atomic E-state index is 5.46. The second-order valence-electron chi connectivity index (χ2n) is 5.20. The third kappa shape index (κ3) is 2.24. The Hall–Kier alpha value is -1.45. The van der Waals surface area contributed by atoms with E-state index in [4.69, 9.17) is 4.74 Å². The molecule has 94 valence electrons. The number of ether oxygens (including phenoxy) is 1. The molecule has 1 unspecified atom stereocenters. The molecule has 0 aliphatic carbocycles. The van der Waals surface area contributed by atoms with Crippen molar-refractivity contribution in [3.8, 4) is 0 Å². The molecule has 2 heterocycles. The molecule has 3 rings (SSSR count). The van der Waals surface area contributed by atoms with Gasteiger partial charge in [0.05, 0.1) is 12.1 Å². The minimum atomic E-state index is 0.115. The van der Waals surface area contributed by atoms with Crippen molar-refractivity contribution in [1.29, 1.82) is 0 Å². The van der Waals surface area contributed by atoms with Crippen LogP contribution < -0.4 is 5.32 Å². The summed E-state index contributed by atoms with van der Waals surface area (Å²) in [5, 5.41) is 4.85. The molecule has 1 aliphatic rings. The van der Waals surface area contributed by atoms with E-state index in [2.05, 4.69) is 41.5 Å². The molecule has 0 radical (unpaired) electrons. The van der Waals surface area contributed by atoms with Gasteiger partial charge in [0, 0.05) is 30.3 Å². The summed E-state index contributed by atoms with van der Waals surface area (Å²) in [6.45, 7) is 4.75. The average molecular weight is 242 g/mol. The molecule has 1 aromatic heterocycles. The number of aromatic nitrogens is 1. The molecule has 2 aromatic rings. The highest BCUT2D eigenvalue weighted by Crippen LogP contribution is 2.20. The smallest absolute Gasteiger partial charge is 0.0705 e. The molecule has 0 bridgehead atoms. The highest BCUT2D eigenvalue weighted by molar-refractivity contribution is 5.81. The number of rotatable bonds is 3. The fourth-order valence-electron chi connectivity index (χ4n) is 2.42. The van der Waals surface area contributed by atoms with Crippen LogP contribution in [0.4, 0.5) is 0 Å². The van der Waals surface area contributed by atoms with Gasteiger partial charge in [0.1, 0.15) is 0 Å². The molecule has 1 aromatic carbocycles. The highest BCUT2D eigenvalue weighted by atomic mass is 16.5. The predicted molar refractivity (Wildman–Crippen MR) is 72.4 cm³/mol. The first-order chi connectivity index (χ1) is 8.77. The van der Waals surface area contributed by atoms with E-state index in [0.717, 1.165) is 31.7 Å². The van der Waals surface area contributed by atoms with Crippen molar-refractivity contribution in [3.63, 3.8) is 0 Å². The van der Waals surface area contributed by atoms with Gasteiger partial charge in [0.15, 0.2) is 0 Å². The van der Waals surface area contributed by atoms with Crippen molar-refractivity contribution < 1.29 is 4.74 Å². The number of pyridine rings is 1. The highest BCUT2D eigenvalue weighted by Gasteiger charge is 2.28. The average Bonchev–Trinajstić information content (AvgIpc) is 2.84. The minimum Gasteiger partial charge on any atom is -0.379 e. The van der Waals surface area contributed by atoms with Crippen LogP contribution in [-0.4, -0.2) is 23.7 Å². The van der Waals surface area contributed by atoms with Crippen molar-refractivity contribution in [2.75, 3.05) is 13.2 Å². The normalized spacial score (nSPS) is 23.6. The van der Waals surface area contributed by atoms with Crippen LogP contribution in [0.2, 0.25) is 0 Å². The van der Waals surface area contributed by atoms with E-state index in [9.17, 15) is 0 Å². The predicted octanol–water partition coefficient (Wildman–Crippen LogP) is 2.50. The van der Waals surface area contributed by atoms with Crippen molar-refractivity contribution in [1.82, 2.24) is 10.3 Å². The summed E-state index contributed by atoms with van der Waals surface area (Å²) in [4.78, 5) is 4.39. The fourth-order valence-corrected chi connectivity index (χ4v) is 2.42. The number of para-hydroxylation sites is 1. The Morgan fingerprint density at radius 3 is 3.06 bits per heavy atom. The zero-order valence-corrected chi connectivity index (χ0v) is 10.6. The van der Waals surface area contributed by atoms with Crippen LogP contribution in [0.15, 0.2) is 36.5 Å². The third-order valence-corrected chi connectivity index (χ3v) is 3.66. The summed E-state index contributed by atoms with van der Waals surface area (Å²) < 4.78 is 5.46. The second kappa shape index (κ2) is 4.67. The lowest BCUT2D eigenvalue weighted by Crippen LogP contribution is -2.42. The lowest BCUT2D eigenvalue weighted by Gasteiger charge is -2.24. The van der Waals surface area contributed by atoms with Crippen LogP contribution in [0.5, 0.6) is 0 Å². The SMILES string of the molecule is CC1(NCc2ccnc3ccccc23)CCOC1. The Morgan fingerprint density at radius 1 is 1.33 bits per heavy atom. The van der Waals surface area contributed by atoms with Gasteiger partial charge in [-0.15, -0.1) is 0 Å². The van der Waals surface area contributed by atoms with Crippen LogP contribution >= 0.6 is 0 Å². The number of fused-ring (bicyclic) bond motifs is 1. The summed E-state index contributed by atoms with van der Waals surface area (Å²) in [5.74, 6) is 0. The minimum absolute atomic E-state index is 0.115. The molecular weight excluding hydrogens is 224 g/mol. The Labute approximate surface area is 107 Å². The standard InChI is InChI=1S/C15H18N2O/c1-15(7-9-18-11-15)17-10-12-6-8-16-14-5-3-2-4-13(12)14/h2-6,8,17H,7,9-11H2,1H3. The number of hydrogen-bond acceptors (Lipinski definition) is 3. The van der Waals surface area contributed by atoms with Gasteiger partial charge in [-0.1, -0.05) is 18.2 Å². The Balaban J connectivity index is 1.82. The van der Waals surface area contributed by atoms with E-state index < -0.39 is 0 Å². The molecule has 0 amide bonds. The van der Waals surface area contributed by atoms with E-state index in [0.29, 0.717) is 0 Å². The largest absolute Gasteiger partial charge is 0.379 e. The second-order valence-corrected chi connectivity index (χ2v) is 5.20. The van der Waals surface area contributed by atoms with Crippen LogP contribution in [-0.2, 0) is 11.3 Å². The van der Waals surface area contributed by atoms with Gasteiger partial charge in [-0.2, -0.15) is 0 Å². The van der Waals surface area contributed by atoms with Gasteiger partial charge in [-0.25, -0.2) is 0 Å². The summed E-state index contributed by atoms with van der Waals surface area (Å²) >= 11 is 0. The first-order valence-corrected chi connectivity index (χ1v) is 6.42. The molecule has 18 heavy (non-hydrogen) atoms. The lowest BCUT2D eigenvalue weighted by molar-refractivity contribution is 0.171. The topological polar surface area (TPSA) is 34.2 Å². The van der Waals surface area contributed by atoms with E-state index in [1.165, 1.54) is 10.9 Å². The van der Waals surface area contributed by atoms with E-state index in [1.54, 1.807) is 0 Å². The van der Waals surface area contributed by atoms with Gasteiger partial charge in [0.2, 0.25) is 0 Å². The zero-order chi connectivity index (χ0) is 12.4. The summed E-state index contributed by atoms with van der Waals surface area (Å²) in [5.41, 5.74) is 2.48. The fraction of sp³-hybridized carbons (Fsp3) is 0.400. The molecule has 1 aliphatic heterocycles. The van der Waals surface area contributed by atoms with Crippen molar-refractivity contribution in [2.45, 2.75) is 25.4 Å². The Bertz CT molecular complexity index is 542. The van der Waals surface area contributed by atoms with E-state index in [-0.39, 0.29) is 5.54 Å². The van der Waals surface area contributed by atoms with E-state index >= 15 is 0 Å². The molecular formula is C15H18N2O. The van der Waals surface area contributed by atoms with Gasteiger partial charge in [0.25, 0.3) is 0 Å². The Kier molecular flexibility index (Phi) is 3.02. The molecule has 1 atom stereocenters. The molecule has 0 spiro atoms. The maximum Gasteiger partial charge on any atom is 0.0705 e. The number of nitrogens with zero attached hydrogens (tertiary/aromatic N) is 1. The lowest BCUT2D eigenvalue weighted by atomic mass is 10.0. The third-order valence-electron chi connectivity index (χ3n) is 3.66. The van der Waals surface area contributed by atoms with Crippen LogP contribution in [0.25, 0.3) is 10.9 Å². The summed E-state index contributed by atoms with van der Waals surface area (Å²) in [6, 6.07) is 10.4. The van der Waals surface area contributed by atoms with Gasteiger partial charge >= 0.3 is 0 Å². The quantitative estimate of drug-likeness (QED) is 0.898. The van der Waals surface area contributed by atoms with Gasteiger partial charge < -0.3 is 10.1 Å². The number of benzene rings is 1. The zero-order valence-electron chi connectivity index (χ0n) is 10.6.